The van der Waals surface area contributed by atoms with Crippen LogP contribution in [-0.2, 0) is 13.1 Å². The predicted octanol–water partition coefficient (Wildman–Crippen LogP) is 0.290. The standard InChI is InChI=1S/C14H19FN6O2/c1-16-13-10(15)6-17-14(18-13)20-3-2-4-21-9(7-20)5-11(19-21)12(23)8-22/h5-6,12,22-23H,2-4,7-8H2,1H3,(H,16,17,18)/t12-/m1/s1. The number of aromatic nitrogens is 4. The zero-order valence-corrected chi connectivity index (χ0v) is 12.8. The van der Waals surface area contributed by atoms with E-state index in [0.29, 0.717) is 24.7 Å². The van der Waals surface area contributed by atoms with Crippen LogP contribution in [0.1, 0.15) is 23.9 Å². The Morgan fingerprint density at radius 3 is 3.00 bits per heavy atom. The smallest absolute Gasteiger partial charge is 0.227 e. The fourth-order valence-electron chi connectivity index (χ4n) is 2.60. The van der Waals surface area contributed by atoms with Crippen LogP contribution < -0.4 is 10.2 Å². The lowest BCUT2D eigenvalue weighted by Crippen LogP contribution is -2.25. The van der Waals surface area contributed by atoms with Crippen LogP contribution in [0.4, 0.5) is 16.2 Å². The molecule has 0 radical (unpaired) electrons. The second-order valence-electron chi connectivity index (χ2n) is 5.37. The summed E-state index contributed by atoms with van der Waals surface area (Å²) in [4.78, 5) is 10.2. The normalized spacial score (nSPS) is 15.9. The van der Waals surface area contributed by atoms with Crippen molar-refractivity contribution in [1.29, 1.82) is 0 Å². The second-order valence-corrected chi connectivity index (χ2v) is 5.37. The van der Waals surface area contributed by atoms with Crippen molar-refractivity contribution in [2.45, 2.75) is 25.6 Å². The topological polar surface area (TPSA) is 99.3 Å². The van der Waals surface area contributed by atoms with Gasteiger partial charge in [0.05, 0.1) is 30.7 Å². The number of nitrogens with zero attached hydrogens (tertiary/aromatic N) is 5. The van der Waals surface area contributed by atoms with E-state index in [1.165, 1.54) is 0 Å². The van der Waals surface area contributed by atoms with Gasteiger partial charge in [-0.25, -0.2) is 9.37 Å². The maximum absolute atomic E-state index is 13.5. The van der Waals surface area contributed by atoms with E-state index in [2.05, 4.69) is 20.4 Å². The molecule has 0 amide bonds. The summed E-state index contributed by atoms with van der Waals surface area (Å²) < 4.78 is 15.3. The van der Waals surface area contributed by atoms with Gasteiger partial charge in [-0.15, -0.1) is 0 Å². The fraction of sp³-hybridized carbons (Fsp3) is 0.500. The summed E-state index contributed by atoms with van der Waals surface area (Å²) in [6.45, 7) is 1.55. The van der Waals surface area contributed by atoms with E-state index in [0.717, 1.165) is 24.9 Å². The van der Waals surface area contributed by atoms with Crippen molar-refractivity contribution in [3.63, 3.8) is 0 Å². The van der Waals surface area contributed by atoms with Gasteiger partial charge in [-0.2, -0.15) is 10.1 Å². The van der Waals surface area contributed by atoms with Gasteiger partial charge in [0.1, 0.15) is 6.10 Å². The van der Waals surface area contributed by atoms with Crippen molar-refractivity contribution >= 4 is 11.8 Å². The number of anilines is 2. The largest absolute Gasteiger partial charge is 0.393 e. The van der Waals surface area contributed by atoms with Gasteiger partial charge in [0.15, 0.2) is 11.6 Å². The minimum Gasteiger partial charge on any atom is -0.393 e. The SMILES string of the molecule is CNc1nc(N2CCCn3nc([C@H](O)CO)cc3C2)ncc1F. The third-order valence-electron chi connectivity index (χ3n) is 3.80. The first-order valence-electron chi connectivity index (χ1n) is 7.43. The highest BCUT2D eigenvalue weighted by molar-refractivity contribution is 5.42. The number of rotatable bonds is 4. The number of aryl methyl sites for hydroxylation is 1. The van der Waals surface area contributed by atoms with E-state index in [1.807, 2.05) is 9.58 Å². The van der Waals surface area contributed by atoms with Crippen LogP contribution in [0, 0.1) is 5.82 Å². The summed E-state index contributed by atoms with van der Waals surface area (Å²) in [6.07, 6.45) is 0.983. The van der Waals surface area contributed by atoms with Crippen molar-refractivity contribution in [2.24, 2.45) is 0 Å². The summed E-state index contributed by atoms with van der Waals surface area (Å²) in [6, 6.07) is 1.77. The highest BCUT2D eigenvalue weighted by Crippen LogP contribution is 2.22. The average molecular weight is 322 g/mol. The van der Waals surface area contributed by atoms with E-state index in [9.17, 15) is 9.50 Å². The zero-order valence-electron chi connectivity index (χ0n) is 12.8. The molecule has 124 valence electrons. The molecule has 1 aliphatic rings. The average Bonchev–Trinajstić information content (AvgIpc) is 2.86. The Hall–Kier alpha value is -2.26. The fourth-order valence-corrected chi connectivity index (χ4v) is 2.60. The van der Waals surface area contributed by atoms with Crippen molar-refractivity contribution in [3.05, 3.63) is 29.5 Å². The number of halogens is 1. The van der Waals surface area contributed by atoms with Crippen molar-refractivity contribution < 1.29 is 14.6 Å². The Bertz CT molecular complexity index is 692. The maximum atomic E-state index is 13.5. The van der Waals surface area contributed by atoms with Gasteiger partial charge in [-0.05, 0) is 12.5 Å². The van der Waals surface area contributed by atoms with Crippen LogP contribution in [0.5, 0.6) is 0 Å². The Morgan fingerprint density at radius 2 is 2.26 bits per heavy atom. The molecule has 1 atom stereocenters. The Labute approximate surface area is 132 Å². The first-order valence-corrected chi connectivity index (χ1v) is 7.43. The highest BCUT2D eigenvalue weighted by atomic mass is 19.1. The van der Waals surface area contributed by atoms with Gasteiger partial charge in [0.25, 0.3) is 0 Å². The quantitative estimate of drug-likeness (QED) is 0.744. The first kappa shape index (κ1) is 15.6. The monoisotopic (exact) mass is 322 g/mol. The van der Waals surface area contributed by atoms with Crippen LogP contribution in [0.15, 0.2) is 12.3 Å². The number of hydrogen-bond donors (Lipinski definition) is 3. The van der Waals surface area contributed by atoms with E-state index in [1.54, 1.807) is 13.1 Å². The second kappa shape index (κ2) is 6.47. The highest BCUT2D eigenvalue weighted by Gasteiger charge is 2.21. The van der Waals surface area contributed by atoms with Crippen LogP contribution in [0.25, 0.3) is 0 Å². The molecular formula is C14H19FN6O2. The summed E-state index contributed by atoms with van der Waals surface area (Å²) >= 11 is 0. The Kier molecular flexibility index (Phi) is 4.39. The van der Waals surface area contributed by atoms with Gasteiger partial charge in [-0.3, -0.25) is 4.68 Å². The summed E-state index contributed by atoms with van der Waals surface area (Å²) in [5.41, 5.74) is 1.34. The lowest BCUT2D eigenvalue weighted by atomic mass is 10.2. The summed E-state index contributed by atoms with van der Waals surface area (Å²) in [7, 11) is 1.61. The zero-order chi connectivity index (χ0) is 16.4. The molecule has 0 saturated carbocycles. The molecule has 8 nitrogen and oxygen atoms in total. The van der Waals surface area contributed by atoms with E-state index in [4.69, 9.17) is 5.11 Å². The molecule has 0 spiro atoms. The van der Waals surface area contributed by atoms with E-state index < -0.39 is 11.9 Å². The molecule has 2 aromatic rings. The summed E-state index contributed by atoms with van der Waals surface area (Å²) in [5, 5.41) is 25.8. The molecule has 3 N–H and O–H groups in total. The van der Waals surface area contributed by atoms with Crippen molar-refractivity contribution in [2.75, 3.05) is 30.4 Å². The Morgan fingerprint density at radius 1 is 1.43 bits per heavy atom. The van der Waals surface area contributed by atoms with Crippen LogP contribution >= 0.6 is 0 Å². The molecular weight excluding hydrogens is 303 g/mol. The predicted molar refractivity (Wildman–Crippen MR) is 81.5 cm³/mol. The van der Waals surface area contributed by atoms with E-state index in [-0.39, 0.29) is 12.4 Å². The van der Waals surface area contributed by atoms with E-state index >= 15 is 0 Å². The molecule has 9 heteroatoms. The molecule has 23 heavy (non-hydrogen) atoms. The molecule has 2 aromatic heterocycles. The molecule has 3 rings (SSSR count). The molecule has 1 aliphatic heterocycles. The number of hydrogen-bond acceptors (Lipinski definition) is 7. The molecule has 0 aliphatic carbocycles. The first-order chi connectivity index (χ1) is 11.1. The molecule has 0 bridgehead atoms. The van der Waals surface area contributed by atoms with Gasteiger partial charge in [0.2, 0.25) is 5.95 Å². The third-order valence-corrected chi connectivity index (χ3v) is 3.80. The minimum absolute atomic E-state index is 0.157. The molecule has 0 fully saturated rings. The van der Waals surface area contributed by atoms with Gasteiger partial charge < -0.3 is 20.4 Å². The van der Waals surface area contributed by atoms with Crippen LogP contribution in [-0.4, -0.2) is 50.2 Å². The van der Waals surface area contributed by atoms with Gasteiger partial charge in [-0.1, -0.05) is 0 Å². The molecule has 0 unspecified atom stereocenters. The van der Waals surface area contributed by atoms with Gasteiger partial charge in [0, 0.05) is 20.1 Å². The van der Waals surface area contributed by atoms with Gasteiger partial charge >= 0.3 is 0 Å². The molecule has 0 aromatic carbocycles. The lowest BCUT2D eigenvalue weighted by molar-refractivity contribution is 0.0916. The number of nitrogens with one attached hydrogen (secondary N) is 1. The number of aliphatic hydroxyl groups excluding tert-OH is 2. The molecule has 3 heterocycles. The number of fused-ring (bicyclic) bond motifs is 1. The van der Waals surface area contributed by atoms with Crippen molar-refractivity contribution in [1.82, 2.24) is 19.7 Å². The maximum Gasteiger partial charge on any atom is 0.227 e. The Balaban J connectivity index is 1.87. The minimum atomic E-state index is -0.985. The molecule has 0 saturated heterocycles. The lowest BCUT2D eigenvalue weighted by Gasteiger charge is -2.20. The third kappa shape index (κ3) is 3.10. The summed E-state index contributed by atoms with van der Waals surface area (Å²) in [5.74, 6) is 0.100. The number of aliphatic hydroxyl groups is 2. The van der Waals surface area contributed by atoms with Crippen LogP contribution in [0.2, 0.25) is 0 Å². The van der Waals surface area contributed by atoms with Crippen LogP contribution in [0.3, 0.4) is 0 Å². The van der Waals surface area contributed by atoms with Crippen molar-refractivity contribution in [3.8, 4) is 0 Å².